The molecule has 2 amide bonds. The van der Waals surface area contributed by atoms with E-state index in [0.717, 1.165) is 0 Å². The molecule has 0 spiro atoms. The number of nitro groups is 1. The molecule has 0 saturated carbocycles. The Balaban J connectivity index is 1.75. The minimum absolute atomic E-state index is 0.102. The predicted molar refractivity (Wildman–Crippen MR) is 95.4 cm³/mol. The molecule has 10 nitrogen and oxygen atoms in total. The molecule has 0 fully saturated rings. The van der Waals surface area contributed by atoms with Crippen molar-refractivity contribution in [1.29, 1.82) is 0 Å². The summed E-state index contributed by atoms with van der Waals surface area (Å²) < 4.78 is 7.24. The third-order valence-electron chi connectivity index (χ3n) is 4.18. The highest BCUT2D eigenvalue weighted by Gasteiger charge is 2.34. The average molecular weight is 373 g/mol. The van der Waals surface area contributed by atoms with E-state index in [1.807, 2.05) is 0 Å². The third-order valence-corrected chi connectivity index (χ3v) is 4.18. The summed E-state index contributed by atoms with van der Waals surface area (Å²) in [6.07, 6.45) is 1.91. The van der Waals surface area contributed by atoms with Crippen LogP contribution >= 0.6 is 0 Å². The molecule has 2 aromatic rings. The van der Waals surface area contributed by atoms with Crippen LogP contribution in [0.3, 0.4) is 0 Å². The van der Waals surface area contributed by atoms with Gasteiger partial charge in [-0.25, -0.2) is 0 Å². The summed E-state index contributed by atoms with van der Waals surface area (Å²) in [6, 6.07) is 7.03. The van der Waals surface area contributed by atoms with Crippen LogP contribution in [0.1, 0.15) is 6.42 Å². The number of ether oxygens (including phenoxy) is 1. The first-order valence-electron chi connectivity index (χ1n) is 8.30. The van der Waals surface area contributed by atoms with Crippen LogP contribution < -0.4 is 9.64 Å². The number of rotatable bonds is 5. The van der Waals surface area contributed by atoms with Crippen molar-refractivity contribution in [2.75, 3.05) is 25.5 Å². The van der Waals surface area contributed by atoms with Gasteiger partial charge in [-0.2, -0.15) is 0 Å². The van der Waals surface area contributed by atoms with Crippen LogP contribution in [0.15, 0.2) is 36.8 Å². The third kappa shape index (κ3) is 3.89. The molecule has 0 bridgehead atoms. The summed E-state index contributed by atoms with van der Waals surface area (Å²) in [6.45, 7) is 0.350. The molecule has 10 heteroatoms. The number of imidazole rings is 1. The molecule has 3 rings (SSSR count). The monoisotopic (exact) mass is 373 g/mol. The number of likely N-dealkylation sites (N-methyl/N-ethyl adjacent to an activating group) is 1. The molecule has 142 valence electrons. The van der Waals surface area contributed by atoms with Gasteiger partial charge in [-0.15, -0.1) is 0 Å². The summed E-state index contributed by atoms with van der Waals surface area (Å²) in [5.74, 6) is -0.238. The van der Waals surface area contributed by atoms with Gasteiger partial charge in [0.15, 0.2) is 6.10 Å². The zero-order valence-electron chi connectivity index (χ0n) is 14.9. The minimum atomic E-state index is -0.784. The van der Waals surface area contributed by atoms with E-state index in [0.29, 0.717) is 11.4 Å². The summed E-state index contributed by atoms with van der Waals surface area (Å²) in [4.78, 5) is 41.8. The number of benzene rings is 1. The van der Waals surface area contributed by atoms with E-state index in [-0.39, 0.29) is 37.1 Å². The van der Waals surface area contributed by atoms with Crippen molar-refractivity contribution in [2.24, 2.45) is 0 Å². The normalized spacial score (nSPS) is 15.6. The Labute approximate surface area is 155 Å². The van der Waals surface area contributed by atoms with Gasteiger partial charge >= 0.3 is 5.82 Å². The number of aryl methyl sites for hydroxylation is 1. The molecule has 2 heterocycles. The van der Waals surface area contributed by atoms with Crippen molar-refractivity contribution >= 4 is 23.3 Å². The number of anilines is 1. The number of carbonyl (C=O) groups is 2. The van der Waals surface area contributed by atoms with Gasteiger partial charge < -0.3 is 29.2 Å². The van der Waals surface area contributed by atoms with E-state index in [2.05, 4.69) is 4.98 Å². The number of para-hydroxylation sites is 2. The second kappa shape index (κ2) is 7.44. The van der Waals surface area contributed by atoms with Crippen molar-refractivity contribution in [3.8, 4) is 5.75 Å². The van der Waals surface area contributed by atoms with Crippen molar-refractivity contribution < 1.29 is 19.2 Å². The number of hydrogen-bond acceptors (Lipinski definition) is 6. The zero-order valence-corrected chi connectivity index (χ0v) is 14.9. The molecule has 0 N–H and O–H groups in total. The molecule has 0 saturated heterocycles. The molecule has 0 unspecified atom stereocenters. The SMILES string of the molecule is CN(C)C(=O)[C@H]1CN(C(=O)CCn2cnc([N+](=O)[O-])c2)c2ccccc2O1. The Bertz CT molecular complexity index is 878. The average Bonchev–Trinajstić information content (AvgIpc) is 3.14. The van der Waals surface area contributed by atoms with E-state index in [9.17, 15) is 19.7 Å². The second-order valence-corrected chi connectivity index (χ2v) is 6.29. The highest BCUT2D eigenvalue weighted by Crippen LogP contribution is 2.33. The molecule has 0 radical (unpaired) electrons. The number of hydrogen-bond donors (Lipinski definition) is 0. The zero-order chi connectivity index (χ0) is 19.6. The molecule has 1 atom stereocenters. The quantitative estimate of drug-likeness (QED) is 0.572. The van der Waals surface area contributed by atoms with Gasteiger partial charge in [-0.1, -0.05) is 12.1 Å². The van der Waals surface area contributed by atoms with Crippen LogP contribution in [0.2, 0.25) is 0 Å². The standard InChI is InChI=1S/C17H19N5O5/c1-19(2)17(24)14-9-21(12-5-3-4-6-13(12)27-14)16(23)7-8-20-10-15(18-11-20)22(25)26/h3-6,10-11,14H,7-9H2,1-2H3/t14-/m1/s1. The first kappa shape index (κ1) is 18.4. The lowest BCUT2D eigenvalue weighted by molar-refractivity contribution is -0.389. The van der Waals surface area contributed by atoms with Gasteiger partial charge in [-0.3, -0.25) is 9.59 Å². The fourth-order valence-corrected chi connectivity index (χ4v) is 2.81. The molecule has 1 aromatic carbocycles. The number of carbonyl (C=O) groups excluding carboxylic acids is 2. The molecule has 27 heavy (non-hydrogen) atoms. The van der Waals surface area contributed by atoms with Gasteiger partial charge in [0.1, 0.15) is 11.9 Å². The smallest absolute Gasteiger partial charge is 0.381 e. The fourth-order valence-electron chi connectivity index (χ4n) is 2.81. The van der Waals surface area contributed by atoms with Crippen molar-refractivity contribution in [2.45, 2.75) is 19.1 Å². The Morgan fingerprint density at radius 3 is 2.78 bits per heavy atom. The van der Waals surface area contributed by atoms with Gasteiger partial charge in [-0.05, 0) is 22.0 Å². The van der Waals surface area contributed by atoms with Crippen LogP contribution in [-0.2, 0) is 16.1 Å². The molecule has 1 aliphatic rings. The summed E-state index contributed by atoms with van der Waals surface area (Å²) in [5, 5.41) is 10.7. The van der Waals surface area contributed by atoms with Crippen LogP contribution in [0, 0.1) is 10.1 Å². The predicted octanol–water partition coefficient (Wildman–Crippen LogP) is 1.06. The number of amides is 2. The number of fused-ring (bicyclic) bond motifs is 1. The largest absolute Gasteiger partial charge is 0.476 e. The molecular formula is C17H19N5O5. The maximum Gasteiger partial charge on any atom is 0.381 e. The van der Waals surface area contributed by atoms with E-state index in [1.165, 1.54) is 26.9 Å². The van der Waals surface area contributed by atoms with Gasteiger partial charge in [0.2, 0.25) is 12.2 Å². The number of aromatic nitrogens is 2. The van der Waals surface area contributed by atoms with Gasteiger partial charge in [0.05, 0.1) is 12.2 Å². The fraction of sp³-hybridized carbons (Fsp3) is 0.353. The lowest BCUT2D eigenvalue weighted by Crippen LogP contribution is -2.50. The summed E-state index contributed by atoms with van der Waals surface area (Å²) in [5.41, 5.74) is 0.599. The maximum absolute atomic E-state index is 12.8. The molecule has 1 aliphatic heterocycles. The highest BCUT2D eigenvalue weighted by atomic mass is 16.6. The molecule has 0 aliphatic carbocycles. The Morgan fingerprint density at radius 2 is 2.11 bits per heavy atom. The summed E-state index contributed by atoms with van der Waals surface area (Å²) in [7, 11) is 3.26. The first-order valence-corrected chi connectivity index (χ1v) is 8.30. The maximum atomic E-state index is 12.8. The summed E-state index contributed by atoms with van der Waals surface area (Å²) >= 11 is 0. The van der Waals surface area contributed by atoms with Crippen LogP contribution in [0.4, 0.5) is 11.5 Å². The number of nitrogens with zero attached hydrogens (tertiary/aromatic N) is 5. The second-order valence-electron chi connectivity index (χ2n) is 6.29. The van der Waals surface area contributed by atoms with E-state index in [4.69, 9.17) is 4.74 Å². The lowest BCUT2D eigenvalue weighted by atomic mass is 10.1. The lowest BCUT2D eigenvalue weighted by Gasteiger charge is -2.35. The van der Waals surface area contributed by atoms with E-state index >= 15 is 0 Å². The Kier molecular flexibility index (Phi) is 5.06. The van der Waals surface area contributed by atoms with Gasteiger partial charge in [0.25, 0.3) is 5.91 Å². The van der Waals surface area contributed by atoms with Gasteiger partial charge in [0, 0.05) is 27.1 Å². The van der Waals surface area contributed by atoms with Crippen molar-refractivity contribution in [1.82, 2.24) is 14.5 Å². The van der Waals surface area contributed by atoms with Crippen molar-refractivity contribution in [3.63, 3.8) is 0 Å². The van der Waals surface area contributed by atoms with Crippen LogP contribution in [0.25, 0.3) is 0 Å². The Hall–Kier alpha value is -3.43. The Morgan fingerprint density at radius 1 is 1.37 bits per heavy atom. The first-order chi connectivity index (χ1) is 12.9. The topological polar surface area (TPSA) is 111 Å². The molecule has 1 aromatic heterocycles. The van der Waals surface area contributed by atoms with Crippen LogP contribution in [-0.4, -0.2) is 57.9 Å². The van der Waals surface area contributed by atoms with E-state index in [1.54, 1.807) is 38.4 Å². The van der Waals surface area contributed by atoms with Crippen molar-refractivity contribution in [3.05, 3.63) is 46.9 Å². The highest BCUT2D eigenvalue weighted by molar-refractivity contribution is 5.97. The van der Waals surface area contributed by atoms with Crippen LogP contribution in [0.5, 0.6) is 5.75 Å². The minimum Gasteiger partial charge on any atom is -0.476 e. The molecular weight excluding hydrogens is 354 g/mol. The van der Waals surface area contributed by atoms with E-state index < -0.39 is 11.0 Å².